The molecule has 0 aromatic carbocycles. The molecule has 1 heterocycles. The molecule has 0 bridgehead atoms. The Labute approximate surface area is 114 Å². The van der Waals surface area contributed by atoms with E-state index >= 15 is 0 Å². The van der Waals surface area contributed by atoms with Crippen molar-refractivity contribution in [3.8, 4) is 0 Å². The summed E-state index contributed by atoms with van der Waals surface area (Å²) >= 11 is 1.93. The van der Waals surface area contributed by atoms with Gasteiger partial charge in [-0.3, -0.25) is 4.90 Å². The molecule has 0 spiro atoms. The summed E-state index contributed by atoms with van der Waals surface area (Å²) in [6.45, 7) is 3.44. The van der Waals surface area contributed by atoms with E-state index in [1.165, 1.54) is 62.2 Å². The topological polar surface area (TPSA) is 16.1 Å². The van der Waals surface area contributed by atoms with Crippen molar-refractivity contribution in [1.82, 2.24) is 9.88 Å². The van der Waals surface area contributed by atoms with Crippen LogP contribution >= 0.6 is 11.3 Å². The van der Waals surface area contributed by atoms with E-state index in [-0.39, 0.29) is 0 Å². The molecule has 1 atom stereocenters. The molecule has 100 valence electrons. The molecule has 2 nitrogen and oxygen atoms in total. The van der Waals surface area contributed by atoms with Crippen molar-refractivity contribution in [3.63, 3.8) is 0 Å². The van der Waals surface area contributed by atoms with Crippen LogP contribution in [-0.2, 0) is 6.42 Å². The molecule has 1 aromatic heterocycles. The first-order valence-corrected chi connectivity index (χ1v) is 8.22. The number of fused-ring (bicyclic) bond motifs is 1. The molecule has 3 rings (SSSR count). The summed E-state index contributed by atoms with van der Waals surface area (Å²) in [4.78, 5) is 8.89. The average Bonchev–Trinajstić information content (AvgIpc) is 2.95. The Balaban J connectivity index is 1.71. The smallest absolute Gasteiger partial charge is 0.0900 e. The van der Waals surface area contributed by atoms with Gasteiger partial charge in [-0.25, -0.2) is 4.98 Å². The van der Waals surface area contributed by atoms with Crippen LogP contribution in [0.5, 0.6) is 0 Å². The quantitative estimate of drug-likeness (QED) is 0.821. The minimum atomic E-state index is 0.653. The number of thiazole rings is 1. The molecule has 1 fully saturated rings. The zero-order valence-electron chi connectivity index (χ0n) is 11.6. The SMILES string of the molecule is Cc1nc2c(s1)[C@@H](N(C)CC1CCCC1)CCC2. The summed E-state index contributed by atoms with van der Waals surface area (Å²) < 4.78 is 0. The van der Waals surface area contributed by atoms with E-state index in [9.17, 15) is 0 Å². The van der Waals surface area contributed by atoms with Gasteiger partial charge in [0.1, 0.15) is 0 Å². The minimum absolute atomic E-state index is 0.653. The van der Waals surface area contributed by atoms with Crippen LogP contribution in [0.4, 0.5) is 0 Å². The van der Waals surface area contributed by atoms with Gasteiger partial charge in [0.15, 0.2) is 0 Å². The monoisotopic (exact) mass is 264 g/mol. The van der Waals surface area contributed by atoms with Gasteiger partial charge in [0, 0.05) is 17.5 Å². The molecule has 0 aliphatic heterocycles. The van der Waals surface area contributed by atoms with Gasteiger partial charge in [0.2, 0.25) is 0 Å². The fraction of sp³-hybridized carbons (Fsp3) is 0.800. The number of nitrogens with zero attached hydrogens (tertiary/aromatic N) is 2. The third-order valence-electron chi connectivity index (χ3n) is 4.58. The van der Waals surface area contributed by atoms with E-state index in [2.05, 4.69) is 18.9 Å². The van der Waals surface area contributed by atoms with E-state index in [0.717, 1.165) is 5.92 Å². The van der Waals surface area contributed by atoms with E-state index in [4.69, 9.17) is 4.98 Å². The van der Waals surface area contributed by atoms with E-state index in [0.29, 0.717) is 6.04 Å². The maximum atomic E-state index is 4.71. The van der Waals surface area contributed by atoms with Gasteiger partial charge in [-0.15, -0.1) is 11.3 Å². The molecular weight excluding hydrogens is 240 g/mol. The lowest BCUT2D eigenvalue weighted by Gasteiger charge is -2.32. The van der Waals surface area contributed by atoms with Crippen molar-refractivity contribution < 1.29 is 0 Å². The van der Waals surface area contributed by atoms with Gasteiger partial charge < -0.3 is 0 Å². The lowest BCUT2D eigenvalue weighted by molar-refractivity contribution is 0.192. The molecule has 3 heteroatoms. The number of aromatic nitrogens is 1. The molecule has 0 saturated heterocycles. The highest BCUT2D eigenvalue weighted by Crippen LogP contribution is 2.38. The molecule has 18 heavy (non-hydrogen) atoms. The Morgan fingerprint density at radius 2 is 2.00 bits per heavy atom. The molecule has 0 amide bonds. The van der Waals surface area contributed by atoms with Crippen molar-refractivity contribution >= 4 is 11.3 Å². The van der Waals surface area contributed by atoms with Crippen molar-refractivity contribution in [2.75, 3.05) is 13.6 Å². The second kappa shape index (κ2) is 5.30. The van der Waals surface area contributed by atoms with Gasteiger partial charge >= 0.3 is 0 Å². The van der Waals surface area contributed by atoms with E-state index in [1.54, 1.807) is 4.88 Å². The van der Waals surface area contributed by atoms with Crippen LogP contribution in [0.15, 0.2) is 0 Å². The molecule has 0 unspecified atom stereocenters. The molecule has 1 aromatic rings. The zero-order valence-corrected chi connectivity index (χ0v) is 12.4. The lowest BCUT2D eigenvalue weighted by atomic mass is 9.96. The Hall–Kier alpha value is -0.410. The summed E-state index contributed by atoms with van der Waals surface area (Å²) in [5.74, 6) is 0.953. The highest BCUT2D eigenvalue weighted by atomic mass is 32.1. The zero-order chi connectivity index (χ0) is 12.5. The predicted molar refractivity (Wildman–Crippen MR) is 77.1 cm³/mol. The fourth-order valence-corrected chi connectivity index (χ4v) is 4.84. The number of hydrogen-bond acceptors (Lipinski definition) is 3. The van der Waals surface area contributed by atoms with Crippen molar-refractivity contribution in [2.45, 2.75) is 57.9 Å². The Morgan fingerprint density at radius 3 is 2.78 bits per heavy atom. The van der Waals surface area contributed by atoms with Crippen molar-refractivity contribution in [2.24, 2.45) is 5.92 Å². The van der Waals surface area contributed by atoms with Crippen LogP contribution in [0.25, 0.3) is 0 Å². The molecule has 1 saturated carbocycles. The van der Waals surface area contributed by atoms with Crippen LogP contribution in [0, 0.1) is 12.8 Å². The standard InChI is InChI=1S/C15H24N2S/c1-11-16-13-8-5-9-14(15(13)18-11)17(2)10-12-6-3-4-7-12/h12,14H,3-10H2,1-2H3/t14-/m0/s1. The maximum absolute atomic E-state index is 4.71. The summed E-state index contributed by atoms with van der Waals surface area (Å²) in [7, 11) is 2.33. The largest absolute Gasteiger partial charge is 0.298 e. The van der Waals surface area contributed by atoms with Crippen LogP contribution in [0.2, 0.25) is 0 Å². The third-order valence-corrected chi connectivity index (χ3v) is 5.70. The maximum Gasteiger partial charge on any atom is 0.0900 e. The van der Waals surface area contributed by atoms with E-state index in [1.807, 2.05) is 11.3 Å². The average molecular weight is 264 g/mol. The summed E-state index contributed by atoms with van der Waals surface area (Å²) in [6, 6.07) is 0.653. The number of hydrogen-bond donors (Lipinski definition) is 0. The number of rotatable bonds is 3. The number of aryl methyl sites for hydroxylation is 2. The first kappa shape index (κ1) is 12.6. The highest BCUT2D eigenvalue weighted by molar-refractivity contribution is 7.11. The van der Waals surface area contributed by atoms with Gasteiger partial charge in [0.05, 0.1) is 10.7 Å². The second-order valence-corrected chi connectivity index (χ2v) is 7.28. The highest BCUT2D eigenvalue weighted by Gasteiger charge is 2.28. The first-order chi connectivity index (χ1) is 8.74. The summed E-state index contributed by atoms with van der Waals surface area (Å²) in [5.41, 5.74) is 1.40. The second-order valence-electron chi connectivity index (χ2n) is 6.04. The normalized spacial score (nSPS) is 24.7. The molecule has 2 aliphatic carbocycles. The lowest BCUT2D eigenvalue weighted by Crippen LogP contribution is -2.30. The van der Waals surface area contributed by atoms with Crippen molar-refractivity contribution in [1.29, 1.82) is 0 Å². The van der Waals surface area contributed by atoms with Crippen LogP contribution in [-0.4, -0.2) is 23.5 Å². The Morgan fingerprint density at radius 1 is 1.22 bits per heavy atom. The van der Waals surface area contributed by atoms with Gasteiger partial charge in [-0.2, -0.15) is 0 Å². The Bertz CT molecular complexity index is 407. The summed E-state index contributed by atoms with van der Waals surface area (Å²) in [5, 5.41) is 1.25. The Kier molecular flexibility index (Phi) is 3.71. The molecular formula is C15H24N2S. The van der Waals surface area contributed by atoms with Crippen LogP contribution in [0.1, 0.15) is 60.1 Å². The minimum Gasteiger partial charge on any atom is -0.298 e. The first-order valence-electron chi connectivity index (χ1n) is 7.40. The van der Waals surface area contributed by atoms with Gasteiger partial charge in [-0.05, 0) is 52.0 Å². The van der Waals surface area contributed by atoms with Crippen LogP contribution in [0.3, 0.4) is 0 Å². The van der Waals surface area contributed by atoms with Gasteiger partial charge in [-0.1, -0.05) is 12.8 Å². The molecule has 0 radical (unpaired) electrons. The van der Waals surface area contributed by atoms with Crippen LogP contribution < -0.4 is 0 Å². The van der Waals surface area contributed by atoms with Crippen molar-refractivity contribution in [3.05, 3.63) is 15.6 Å². The summed E-state index contributed by atoms with van der Waals surface area (Å²) in [6.07, 6.45) is 9.65. The third kappa shape index (κ3) is 2.48. The van der Waals surface area contributed by atoms with E-state index < -0.39 is 0 Å². The predicted octanol–water partition coefficient (Wildman–Crippen LogP) is 3.95. The van der Waals surface area contributed by atoms with Gasteiger partial charge in [0.25, 0.3) is 0 Å². The molecule has 2 aliphatic rings. The molecule has 0 N–H and O–H groups in total. The fourth-order valence-electron chi connectivity index (χ4n) is 3.67.